The second-order valence-electron chi connectivity index (χ2n) is 6.65. The van der Waals surface area contributed by atoms with Gasteiger partial charge in [0.1, 0.15) is 0 Å². The van der Waals surface area contributed by atoms with Gasteiger partial charge in [0.25, 0.3) is 5.56 Å². The number of nitrogens with one attached hydrogen (secondary N) is 2. The monoisotopic (exact) mass is 375 g/mol. The molecule has 1 aromatic heterocycles. The first-order valence-electron chi connectivity index (χ1n) is 8.73. The molecule has 1 saturated heterocycles. The van der Waals surface area contributed by atoms with Gasteiger partial charge in [-0.3, -0.25) is 23.9 Å². The van der Waals surface area contributed by atoms with Crippen molar-refractivity contribution in [2.75, 3.05) is 19.8 Å². The van der Waals surface area contributed by atoms with Crippen LogP contribution in [0.5, 0.6) is 0 Å². The summed E-state index contributed by atoms with van der Waals surface area (Å²) in [4.78, 5) is 50.0. The Kier molecular flexibility index (Phi) is 5.41. The minimum absolute atomic E-state index is 0.0118. The summed E-state index contributed by atoms with van der Waals surface area (Å²) in [6, 6.07) is 6.65. The van der Waals surface area contributed by atoms with Gasteiger partial charge in [-0.15, -0.1) is 0 Å². The molecule has 2 heterocycles. The number of aryl methyl sites for hydroxylation is 1. The first kappa shape index (κ1) is 18.8. The number of ether oxygens (including phenoxy) is 1. The van der Waals surface area contributed by atoms with Gasteiger partial charge >= 0.3 is 11.7 Å². The molecule has 3 N–H and O–H groups in total. The molecule has 9 nitrogen and oxygen atoms in total. The number of hydrogen-bond acceptors (Lipinski definition) is 5. The lowest BCUT2D eigenvalue weighted by atomic mass is 9.80. The van der Waals surface area contributed by atoms with E-state index in [4.69, 9.17) is 4.74 Å². The van der Waals surface area contributed by atoms with Gasteiger partial charge in [-0.25, -0.2) is 4.79 Å². The first-order valence-corrected chi connectivity index (χ1v) is 8.73. The summed E-state index contributed by atoms with van der Waals surface area (Å²) in [5, 5.41) is 12.5. The first-order chi connectivity index (χ1) is 12.9. The van der Waals surface area contributed by atoms with Crippen LogP contribution in [-0.2, 0) is 20.9 Å². The number of carbonyl (C=O) groups excluding carboxylic acids is 1. The Hall–Kier alpha value is -2.94. The third-order valence-corrected chi connectivity index (χ3v) is 5.00. The predicted octanol–water partition coefficient (Wildman–Crippen LogP) is 0.0775. The number of amides is 1. The van der Waals surface area contributed by atoms with Crippen LogP contribution in [-0.4, -0.2) is 46.3 Å². The summed E-state index contributed by atoms with van der Waals surface area (Å²) < 4.78 is 6.54. The zero-order valence-corrected chi connectivity index (χ0v) is 14.7. The molecule has 1 aliphatic heterocycles. The highest BCUT2D eigenvalue weighted by atomic mass is 16.5. The van der Waals surface area contributed by atoms with Gasteiger partial charge in [0.05, 0.1) is 16.3 Å². The molecular weight excluding hydrogens is 354 g/mol. The largest absolute Gasteiger partial charge is 0.481 e. The molecule has 2 aromatic rings. The van der Waals surface area contributed by atoms with Crippen LogP contribution in [0.25, 0.3) is 10.9 Å². The molecule has 0 saturated carbocycles. The smallest absolute Gasteiger partial charge is 0.328 e. The van der Waals surface area contributed by atoms with E-state index in [9.17, 15) is 24.3 Å². The minimum Gasteiger partial charge on any atom is -0.481 e. The maximum atomic E-state index is 12.2. The highest BCUT2D eigenvalue weighted by Crippen LogP contribution is 2.30. The van der Waals surface area contributed by atoms with Gasteiger partial charge in [-0.05, 0) is 25.0 Å². The number of hydrogen-bond donors (Lipinski definition) is 3. The molecule has 0 aliphatic carbocycles. The fourth-order valence-corrected chi connectivity index (χ4v) is 3.26. The summed E-state index contributed by atoms with van der Waals surface area (Å²) in [5.74, 6) is -1.31. The maximum Gasteiger partial charge on any atom is 0.328 e. The van der Waals surface area contributed by atoms with Crippen molar-refractivity contribution in [2.45, 2.75) is 25.8 Å². The van der Waals surface area contributed by atoms with E-state index in [0.29, 0.717) is 37.0 Å². The summed E-state index contributed by atoms with van der Waals surface area (Å²) in [6.45, 7) is 0.790. The standard InChI is InChI=1S/C18H21N3O6/c22-14(19-11-18(16(24)25)6-9-27-10-7-18)5-8-21-13-4-2-1-3-12(13)15(23)20-17(21)26/h1-4H,5-11H2,(H,19,22)(H,24,25)(H,20,23,26). The molecule has 1 aromatic carbocycles. The fraction of sp³-hybridized carbons (Fsp3) is 0.444. The molecular formula is C18H21N3O6. The van der Waals surface area contributed by atoms with Crippen LogP contribution in [0.15, 0.2) is 33.9 Å². The topological polar surface area (TPSA) is 130 Å². The van der Waals surface area contributed by atoms with E-state index in [1.807, 2.05) is 0 Å². The Morgan fingerprint density at radius 1 is 1.22 bits per heavy atom. The molecule has 27 heavy (non-hydrogen) atoms. The number of aromatic amines is 1. The molecule has 0 atom stereocenters. The van der Waals surface area contributed by atoms with Crippen molar-refractivity contribution >= 4 is 22.8 Å². The van der Waals surface area contributed by atoms with E-state index in [0.717, 1.165) is 0 Å². The third kappa shape index (κ3) is 3.92. The lowest BCUT2D eigenvalue weighted by Gasteiger charge is -2.33. The van der Waals surface area contributed by atoms with Crippen molar-refractivity contribution in [3.8, 4) is 0 Å². The number of H-pyrrole nitrogens is 1. The average Bonchev–Trinajstić information content (AvgIpc) is 2.67. The number of aliphatic carboxylic acids is 1. The Bertz CT molecular complexity index is 971. The zero-order chi connectivity index (χ0) is 19.4. The number of carbonyl (C=O) groups is 2. The van der Waals surface area contributed by atoms with Gasteiger partial charge in [0.15, 0.2) is 0 Å². The predicted molar refractivity (Wildman–Crippen MR) is 96.6 cm³/mol. The Balaban J connectivity index is 1.68. The number of fused-ring (bicyclic) bond motifs is 1. The van der Waals surface area contributed by atoms with E-state index in [-0.39, 0.29) is 25.4 Å². The number of aromatic nitrogens is 2. The summed E-state index contributed by atoms with van der Waals surface area (Å²) >= 11 is 0. The van der Waals surface area contributed by atoms with Crippen molar-refractivity contribution in [1.29, 1.82) is 0 Å². The fourth-order valence-electron chi connectivity index (χ4n) is 3.26. The van der Waals surface area contributed by atoms with Crippen LogP contribution in [0.1, 0.15) is 19.3 Å². The van der Waals surface area contributed by atoms with E-state index in [1.54, 1.807) is 24.3 Å². The molecule has 3 rings (SSSR count). The second-order valence-corrected chi connectivity index (χ2v) is 6.65. The van der Waals surface area contributed by atoms with E-state index < -0.39 is 22.6 Å². The van der Waals surface area contributed by atoms with Crippen molar-refractivity contribution in [1.82, 2.24) is 14.9 Å². The number of para-hydroxylation sites is 1. The highest BCUT2D eigenvalue weighted by molar-refractivity contribution is 5.80. The number of carboxylic acid groups (broad SMARTS) is 1. The number of rotatable bonds is 6. The average molecular weight is 375 g/mol. The van der Waals surface area contributed by atoms with Crippen LogP contribution in [0.3, 0.4) is 0 Å². The van der Waals surface area contributed by atoms with E-state index in [2.05, 4.69) is 10.3 Å². The van der Waals surface area contributed by atoms with Crippen LogP contribution >= 0.6 is 0 Å². The molecule has 1 fully saturated rings. The van der Waals surface area contributed by atoms with E-state index >= 15 is 0 Å². The van der Waals surface area contributed by atoms with Crippen molar-refractivity contribution in [3.05, 3.63) is 45.1 Å². The van der Waals surface area contributed by atoms with Crippen LogP contribution in [0.4, 0.5) is 0 Å². The molecule has 0 unspecified atom stereocenters. The highest BCUT2D eigenvalue weighted by Gasteiger charge is 2.40. The van der Waals surface area contributed by atoms with Gasteiger partial charge < -0.3 is 15.2 Å². The molecule has 1 amide bonds. The van der Waals surface area contributed by atoms with Gasteiger partial charge in [0.2, 0.25) is 5.91 Å². The normalized spacial score (nSPS) is 16.1. The molecule has 0 bridgehead atoms. The lowest BCUT2D eigenvalue weighted by Crippen LogP contribution is -2.46. The summed E-state index contributed by atoms with van der Waals surface area (Å²) in [7, 11) is 0. The number of carboxylic acids is 1. The molecule has 1 aliphatic rings. The third-order valence-electron chi connectivity index (χ3n) is 5.00. The second kappa shape index (κ2) is 7.75. The summed E-state index contributed by atoms with van der Waals surface area (Å²) in [5.41, 5.74) is -1.63. The molecule has 9 heteroatoms. The SMILES string of the molecule is O=C(CCn1c(=O)[nH]c(=O)c2ccccc21)NCC1(C(=O)O)CCOCC1. The van der Waals surface area contributed by atoms with E-state index in [1.165, 1.54) is 4.57 Å². The van der Waals surface area contributed by atoms with Crippen LogP contribution in [0, 0.1) is 5.41 Å². The Morgan fingerprint density at radius 2 is 1.93 bits per heavy atom. The van der Waals surface area contributed by atoms with Crippen LogP contribution in [0.2, 0.25) is 0 Å². The van der Waals surface area contributed by atoms with Crippen molar-refractivity contribution in [2.24, 2.45) is 5.41 Å². The molecule has 144 valence electrons. The van der Waals surface area contributed by atoms with Gasteiger partial charge in [-0.2, -0.15) is 0 Å². The van der Waals surface area contributed by atoms with Gasteiger partial charge in [0, 0.05) is 32.7 Å². The summed E-state index contributed by atoms with van der Waals surface area (Å²) in [6.07, 6.45) is 0.668. The van der Waals surface area contributed by atoms with Crippen molar-refractivity contribution in [3.63, 3.8) is 0 Å². The Morgan fingerprint density at radius 3 is 2.63 bits per heavy atom. The van der Waals surface area contributed by atoms with Gasteiger partial charge in [-0.1, -0.05) is 12.1 Å². The quantitative estimate of drug-likeness (QED) is 0.655. The minimum atomic E-state index is -1.02. The molecule has 0 radical (unpaired) electrons. The van der Waals surface area contributed by atoms with Crippen LogP contribution < -0.4 is 16.6 Å². The zero-order valence-electron chi connectivity index (χ0n) is 14.7. The molecule has 0 spiro atoms. The van der Waals surface area contributed by atoms with Crippen molar-refractivity contribution < 1.29 is 19.4 Å². The number of nitrogens with zero attached hydrogens (tertiary/aromatic N) is 1. The lowest BCUT2D eigenvalue weighted by molar-refractivity contribution is -0.154. The maximum absolute atomic E-state index is 12.2. The Labute approximate surface area is 154 Å². The number of benzene rings is 1.